The van der Waals surface area contributed by atoms with Crippen molar-refractivity contribution in [3.05, 3.63) is 46.4 Å². The van der Waals surface area contributed by atoms with Crippen LogP contribution in [0.1, 0.15) is 21.8 Å². The van der Waals surface area contributed by atoms with Gasteiger partial charge in [-0.25, -0.2) is 9.78 Å². The van der Waals surface area contributed by atoms with Crippen LogP contribution in [0.2, 0.25) is 0 Å². The smallest absolute Gasteiger partial charge is 0.350 e. The first-order valence-electron chi connectivity index (χ1n) is 7.08. The van der Waals surface area contributed by atoms with Crippen molar-refractivity contribution in [1.82, 2.24) is 4.98 Å². The number of thiazole rings is 1. The summed E-state index contributed by atoms with van der Waals surface area (Å²) in [5.74, 6) is -0.253. The molecule has 0 spiro atoms. The number of hydrogen-bond acceptors (Lipinski definition) is 5. The number of carbonyl (C=O) groups is 2. The number of carbonyl (C=O) groups excluding carboxylic acids is 2. The van der Waals surface area contributed by atoms with Gasteiger partial charge in [0.25, 0.3) is 0 Å². The molecule has 1 fully saturated rings. The third-order valence-corrected chi connectivity index (χ3v) is 4.56. The fraction of sp³-hybridized carbons (Fsp3) is 0.312. The molecule has 1 saturated heterocycles. The summed E-state index contributed by atoms with van der Waals surface area (Å²) in [4.78, 5) is 30.4. The first-order valence-corrected chi connectivity index (χ1v) is 7.95. The van der Waals surface area contributed by atoms with Crippen molar-refractivity contribution in [3.8, 4) is 0 Å². The van der Waals surface area contributed by atoms with Crippen LogP contribution in [0, 0.1) is 12.8 Å². The molecule has 6 heteroatoms. The van der Waals surface area contributed by atoms with E-state index in [4.69, 9.17) is 4.74 Å². The summed E-state index contributed by atoms with van der Waals surface area (Å²) in [7, 11) is 0. The summed E-state index contributed by atoms with van der Waals surface area (Å²) in [5.41, 5.74) is 3.20. The van der Waals surface area contributed by atoms with E-state index in [1.807, 2.05) is 30.3 Å². The predicted molar refractivity (Wildman–Crippen MR) is 84.0 cm³/mol. The summed E-state index contributed by atoms with van der Waals surface area (Å²) in [6, 6.07) is 9.55. The van der Waals surface area contributed by atoms with Gasteiger partial charge in [-0.15, -0.1) is 11.3 Å². The van der Waals surface area contributed by atoms with Crippen molar-refractivity contribution < 1.29 is 14.3 Å². The van der Waals surface area contributed by atoms with Crippen molar-refractivity contribution in [2.45, 2.75) is 13.3 Å². The second-order valence-electron chi connectivity index (χ2n) is 5.28. The van der Waals surface area contributed by atoms with Crippen LogP contribution in [-0.2, 0) is 9.53 Å². The summed E-state index contributed by atoms with van der Waals surface area (Å²) in [6.07, 6.45) is 0.407. The molecule has 0 saturated carbocycles. The summed E-state index contributed by atoms with van der Waals surface area (Å²) in [6.45, 7) is 2.62. The highest BCUT2D eigenvalue weighted by molar-refractivity contribution is 7.11. The Morgan fingerprint density at radius 1 is 1.41 bits per heavy atom. The van der Waals surface area contributed by atoms with E-state index in [0.29, 0.717) is 23.5 Å². The molecule has 1 amide bonds. The molecule has 1 aliphatic heterocycles. The topological polar surface area (TPSA) is 59.5 Å². The molecule has 0 aliphatic carbocycles. The quantitative estimate of drug-likeness (QED) is 0.814. The molecule has 22 heavy (non-hydrogen) atoms. The molecule has 5 nitrogen and oxygen atoms in total. The SMILES string of the molecule is Cc1ncsc1C(=O)OC[C@@H]1CC(=O)N(c2ccccc2)C1. The summed E-state index contributed by atoms with van der Waals surface area (Å²) in [5, 5.41) is 0. The number of aryl methyl sites for hydroxylation is 1. The van der Waals surface area contributed by atoms with Crippen molar-refractivity contribution in [1.29, 1.82) is 0 Å². The minimum absolute atomic E-state index is 0.0323. The number of nitrogens with zero attached hydrogens (tertiary/aromatic N) is 2. The Morgan fingerprint density at radius 3 is 2.86 bits per heavy atom. The zero-order valence-electron chi connectivity index (χ0n) is 12.2. The van der Waals surface area contributed by atoms with E-state index in [1.54, 1.807) is 17.3 Å². The van der Waals surface area contributed by atoms with Crippen LogP contribution < -0.4 is 4.90 Å². The molecule has 1 aromatic carbocycles. The van der Waals surface area contributed by atoms with Crippen LogP contribution >= 0.6 is 11.3 Å². The van der Waals surface area contributed by atoms with E-state index in [2.05, 4.69) is 4.98 Å². The summed E-state index contributed by atoms with van der Waals surface area (Å²) >= 11 is 1.28. The number of anilines is 1. The Kier molecular flexibility index (Phi) is 4.20. The van der Waals surface area contributed by atoms with Crippen molar-refractivity contribution >= 4 is 28.9 Å². The van der Waals surface area contributed by atoms with Crippen LogP contribution in [0.15, 0.2) is 35.8 Å². The Labute approximate surface area is 132 Å². The predicted octanol–water partition coefficient (Wildman–Crippen LogP) is 2.66. The van der Waals surface area contributed by atoms with Gasteiger partial charge >= 0.3 is 5.97 Å². The van der Waals surface area contributed by atoms with Gasteiger partial charge in [-0.1, -0.05) is 18.2 Å². The van der Waals surface area contributed by atoms with Gasteiger partial charge in [0.05, 0.1) is 17.8 Å². The zero-order valence-corrected chi connectivity index (χ0v) is 13.0. The fourth-order valence-corrected chi connectivity index (χ4v) is 3.20. The first-order chi connectivity index (χ1) is 10.6. The molecule has 1 aliphatic rings. The number of benzene rings is 1. The lowest BCUT2D eigenvalue weighted by Crippen LogP contribution is -2.25. The number of aromatic nitrogens is 1. The van der Waals surface area contributed by atoms with Crippen LogP contribution in [-0.4, -0.2) is 30.0 Å². The Hall–Kier alpha value is -2.21. The monoisotopic (exact) mass is 316 g/mol. The second kappa shape index (κ2) is 6.27. The Morgan fingerprint density at radius 2 is 2.18 bits per heavy atom. The molecule has 0 radical (unpaired) electrons. The molecule has 1 atom stereocenters. The van der Waals surface area contributed by atoms with Gasteiger partial charge < -0.3 is 9.64 Å². The number of para-hydroxylation sites is 1. The second-order valence-corrected chi connectivity index (χ2v) is 6.13. The van der Waals surface area contributed by atoms with Gasteiger partial charge in [0.1, 0.15) is 4.88 Å². The molecule has 0 unspecified atom stereocenters. The largest absolute Gasteiger partial charge is 0.461 e. The van der Waals surface area contributed by atoms with Crippen LogP contribution in [0.4, 0.5) is 5.69 Å². The van der Waals surface area contributed by atoms with E-state index in [0.717, 1.165) is 5.69 Å². The molecule has 1 aromatic heterocycles. The molecule has 2 heterocycles. The highest BCUT2D eigenvalue weighted by atomic mass is 32.1. The fourth-order valence-electron chi connectivity index (χ4n) is 2.51. The van der Waals surface area contributed by atoms with E-state index in [1.165, 1.54) is 11.3 Å². The van der Waals surface area contributed by atoms with Gasteiger partial charge in [0.2, 0.25) is 5.91 Å². The molecule has 3 rings (SSSR count). The lowest BCUT2D eigenvalue weighted by molar-refractivity contribution is -0.117. The normalized spacial score (nSPS) is 17.8. The van der Waals surface area contributed by atoms with Gasteiger partial charge in [-0.3, -0.25) is 4.79 Å². The van der Waals surface area contributed by atoms with Crippen LogP contribution in [0.3, 0.4) is 0 Å². The number of ether oxygens (including phenoxy) is 1. The van der Waals surface area contributed by atoms with Crippen LogP contribution in [0.25, 0.3) is 0 Å². The highest BCUT2D eigenvalue weighted by Gasteiger charge is 2.31. The maximum absolute atomic E-state index is 12.1. The first kappa shape index (κ1) is 14.7. The molecular formula is C16H16N2O3S. The standard InChI is InChI=1S/C16H16N2O3S/c1-11-15(22-10-17-11)16(20)21-9-12-7-14(19)18(8-12)13-5-3-2-4-6-13/h2-6,10,12H,7-9H2,1H3/t12-/m1/s1. The van der Waals surface area contributed by atoms with E-state index in [9.17, 15) is 9.59 Å². The third-order valence-electron chi connectivity index (χ3n) is 3.65. The van der Waals surface area contributed by atoms with Crippen molar-refractivity contribution in [2.75, 3.05) is 18.1 Å². The lowest BCUT2D eigenvalue weighted by Gasteiger charge is -2.16. The highest BCUT2D eigenvalue weighted by Crippen LogP contribution is 2.25. The molecule has 114 valence electrons. The van der Waals surface area contributed by atoms with E-state index in [-0.39, 0.29) is 24.4 Å². The van der Waals surface area contributed by atoms with Gasteiger partial charge in [0.15, 0.2) is 0 Å². The van der Waals surface area contributed by atoms with Gasteiger partial charge in [-0.05, 0) is 19.1 Å². The average Bonchev–Trinajstić information content (AvgIpc) is 3.11. The molecule has 0 N–H and O–H groups in total. The van der Waals surface area contributed by atoms with Gasteiger partial charge in [0, 0.05) is 24.6 Å². The Balaban J connectivity index is 1.58. The molecule has 2 aromatic rings. The van der Waals surface area contributed by atoms with E-state index < -0.39 is 0 Å². The lowest BCUT2D eigenvalue weighted by atomic mass is 10.1. The molecule has 0 bridgehead atoms. The van der Waals surface area contributed by atoms with Crippen molar-refractivity contribution in [2.24, 2.45) is 5.92 Å². The van der Waals surface area contributed by atoms with Crippen LogP contribution in [0.5, 0.6) is 0 Å². The minimum atomic E-state index is -0.356. The minimum Gasteiger partial charge on any atom is -0.461 e. The average molecular weight is 316 g/mol. The maximum atomic E-state index is 12.1. The molecular weight excluding hydrogens is 300 g/mol. The number of hydrogen-bond donors (Lipinski definition) is 0. The third kappa shape index (κ3) is 3.01. The van der Waals surface area contributed by atoms with E-state index >= 15 is 0 Å². The number of amides is 1. The zero-order chi connectivity index (χ0) is 15.5. The number of esters is 1. The number of rotatable bonds is 4. The summed E-state index contributed by atoms with van der Waals surface area (Å²) < 4.78 is 5.34. The maximum Gasteiger partial charge on any atom is 0.350 e. The van der Waals surface area contributed by atoms with Crippen molar-refractivity contribution in [3.63, 3.8) is 0 Å². The van der Waals surface area contributed by atoms with Gasteiger partial charge in [-0.2, -0.15) is 0 Å². The Bertz CT molecular complexity index is 684.